The number of halogens is 1. The molecule has 0 saturated heterocycles. The number of nitrogens with zero attached hydrogens (tertiary/aromatic N) is 1. The molecule has 0 fully saturated rings. The van der Waals surface area contributed by atoms with Crippen LogP contribution in [0.2, 0.25) is 5.02 Å². The van der Waals surface area contributed by atoms with Crippen LogP contribution in [0, 0.1) is 0 Å². The number of ether oxygens (including phenoxy) is 1. The molecule has 0 radical (unpaired) electrons. The fourth-order valence-electron chi connectivity index (χ4n) is 2.79. The molecule has 1 N–H and O–H groups in total. The van der Waals surface area contributed by atoms with Crippen molar-refractivity contribution in [2.24, 2.45) is 0 Å². The summed E-state index contributed by atoms with van der Waals surface area (Å²) in [5, 5.41) is 3.49. The SMILES string of the molecule is CCNC(=O)[C@H](C)N(Cc1cccc(OC)c1)C(=O)CSCc1ccc(Cl)cc1. The Morgan fingerprint density at radius 3 is 2.55 bits per heavy atom. The standard InChI is InChI=1S/C22H27ClN2O3S/c1-4-24-22(27)16(2)25(13-18-6-5-7-20(12-18)28-3)21(26)15-29-14-17-8-10-19(23)11-9-17/h5-12,16H,4,13-15H2,1-3H3,(H,24,27)/t16-/m0/s1. The Hall–Kier alpha value is -2.18. The Morgan fingerprint density at radius 1 is 1.17 bits per heavy atom. The lowest BCUT2D eigenvalue weighted by atomic mass is 10.1. The maximum absolute atomic E-state index is 13.0. The largest absolute Gasteiger partial charge is 0.497 e. The maximum Gasteiger partial charge on any atom is 0.242 e. The minimum atomic E-state index is -0.565. The van der Waals surface area contributed by atoms with E-state index in [2.05, 4.69) is 5.32 Å². The molecule has 2 amide bonds. The number of likely N-dealkylation sites (N-methyl/N-ethyl adjacent to an activating group) is 1. The molecule has 0 unspecified atom stereocenters. The Balaban J connectivity index is 2.06. The van der Waals surface area contributed by atoms with Crippen molar-refractivity contribution in [1.82, 2.24) is 10.2 Å². The first-order valence-corrected chi connectivity index (χ1v) is 11.0. The van der Waals surface area contributed by atoms with Crippen molar-refractivity contribution in [3.8, 4) is 5.75 Å². The molecule has 0 heterocycles. The average Bonchev–Trinajstić information content (AvgIpc) is 2.73. The predicted molar refractivity (Wildman–Crippen MR) is 119 cm³/mol. The second kappa shape index (κ2) is 11.7. The summed E-state index contributed by atoms with van der Waals surface area (Å²) >= 11 is 7.43. The van der Waals surface area contributed by atoms with Gasteiger partial charge in [-0.25, -0.2) is 0 Å². The molecular formula is C22H27ClN2O3S. The molecule has 7 heteroatoms. The molecule has 29 heavy (non-hydrogen) atoms. The summed E-state index contributed by atoms with van der Waals surface area (Å²) < 4.78 is 5.27. The number of methoxy groups -OCH3 is 1. The highest BCUT2D eigenvalue weighted by Gasteiger charge is 2.25. The van der Waals surface area contributed by atoms with Crippen molar-refractivity contribution in [3.05, 3.63) is 64.7 Å². The third-order valence-corrected chi connectivity index (χ3v) is 5.65. The molecule has 2 rings (SSSR count). The van der Waals surface area contributed by atoms with Gasteiger partial charge in [0, 0.05) is 23.9 Å². The van der Waals surface area contributed by atoms with Gasteiger partial charge in [0.25, 0.3) is 0 Å². The first-order chi connectivity index (χ1) is 13.9. The molecule has 0 saturated carbocycles. The molecule has 2 aromatic rings. The van der Waals surface area contributed by atoms with Crippen molar-refractivity contribution in [2.75, 3.05) is 19.4 Å². The van der Waals surface area contributed by atoms with Crippen LogP contribution in [0.4, 0.5) is 0 Å². The smallest absolute Gasteiger partial charge is 0.242 e. The summed E-state index contributed by atoms with van der Waals surface area (Å²) in [4.78, 5) is 27.0. The maximum atomic E-state index is 13.0. The lowest BCUT2D eigenvalue weighted by Crippen LogP contribution is -2.48. The number of hydrogen-bond acceptors (Lipinski definition) is 4. The van der Waals surface area contributed by atoms with Crippen LogP contribution in [0.15, 0.2) is 48.5 Å². The minimum Gasteiger partial charge on any atom is -0.497 e. The van der Waals surface area contributed by atoms with Gasteiger partial charge in [0.2, 0.25) is 11.8 Å². The fraction of sp³-hybridized carbons (Fsp3) is 0.364. The number of carbonyl (C=O) groups is 2. The van der Waals surface area contributed by atoms with Crippen LogP contribution in [0.1, 0.15) is 25.0 Å². The highest BCUT2D eigenvalue weighted by atomic mass is 35.5. The molecule has 0 spiro atoms. The van der Waals surface area contributed by atoms with Crippen LogP contribution in [0.25, 0.3) is 0 Å². The van der Waals surface area contributed by atoms with Crippen molar-refractivity contribution in [2.45, 2.75) is 32.2 Å². The zero-order valence-corrected chi connectivity index (χ0v) is 18.6. The van der Waals surface area contributed by atoms with E-state index in [1.54, 1.807) is 18.9 Å². The number of benzene rings is 2. The number of hydrogen-bond donors (Lipinski definition) is 1. The summed E-state index contributed by atoms with van der Waals surface area (Å²) in [6.07, 6.45) is 0. The van der Waals surface area contributed by atoms with E-state index in [-0.39, 0.29) is 17.6 Å². The second-order valence-electron chi connectivity index (χ2n) is 6.56. The molecule has 2 aromatic carbocycles. The first kappa shape index (κ1) is 23.1. The molecular weight excluding hydrogens is 408 g/mol. The van der Waals surface area contributed by atoms with E-state index in [0.717, 1.165) is 16.9 Å². The summed E-state index contributed by atoms with van der Waals surface area (Å²) in [5.41, 5.74) is 2.01. The normalized spacial score (nSPS) is 11.6. The van der Waals surface area contributed by atoms with Crippen LogP contribution in [-0.4, -0.2) is 42.2 Å². The van der Waals surface area contributed by atoms with Gasteiger partial charge in [-0.2, -0.15) is 0 Å². The number of nitrogens with one attached hydrogen (secondary N) is 1. The summed E-state index contributed by atoms with van der Waals surface area (Å²) in [5.74, 6) is 1.47. The molecule has 156 valence electrons. The van der Waals surface area contributed by atoms with Crippen LogP contribution < -0.4 is 10.1 Å². The van der Waals surface area contributed by atoms with E-state index >= 15 is 0 Å². The van der Waals surface area contributed by atoms with E-state index in [1.165, 1.54) is 11.8 Å². The third-order valence-electron chi connectivity index (χ3n) is 4.41. The summed E-state index contributed by atoms with van der Waals surface area (Å²) in [6, 6.07) is 14.5. The summed E-state index contributed by atoms with van der Waals surface area (Å²) in [6.45, 7) is 4.49. The Bertz CT molecular complexity index is 814. The number of thioether (sulfide) groups is 1. The monoisotopic (exact) mass is 434 g/mol. The lowest BCUT2D eigenvalue weighted by molar-refractivity contribution is -0.138. The number of amides is 2. The Labute approximate surface area is 181 Å². The fourth-order valence-corrected chi connectivity index (χ4v) is 3.79. The van der Waals surface area contributed by atoms with E-state index in [1.807, 2.05) is 55.5 Å². The van der Waals surface area contributed by atoms with Gasteiger partial charge in [0.1, 0.15) is 11.8 Å². The molecule has 5 nitrogen and oxygen atoms in total. The Kier molecular flexibility index (Phi) is 9.35. The quantitative estimate of drug-likeness (QED) is 0.610. The van der Waals surface area contributed by atoms with Gasteiger partial charge >= 0.3 is 0 Å². The molecule has 0 aromatic heterocycles. The molecule has 0 aliphatic heterocycles. The van der Waals surface area contributed by atoms with E-state index < -0.39 is 6.04 Å². The molecule has 1 atom stereocenters. The van der Waals surface area contributed by atoms with Gasteiger partial charge in [-0.3, -0.25) is 9.59 Å². The van der Waals surface area contributed by atoms with Gasteiger partial charge in [-0.15, -0.1) is 11.8 Å². The van der Waals surface area contributed by atoms with E-state index in [9.17, 15) is 9.59 Å². The Morgan fingerprint density at radius 2 is 1.90 bits per heavy atom. The van der Waals surface area contributed by atoms with Crippen molar-refractivity contribution < 1.29 is 14.3 Å². The topological polar surface area (TPSA) is 58.6 Å². The second-order valence-corrected chi connectivity index (χ2v) is 7.99. The predicted octanol–water partition coefficient (Wildman–Crippen LogP) is 4.14. The van der Waals surface area contributed by atoms with Crippen molar-refractivity contribution >= 4 is 35.2 Å². The van der Waals surface area contributed by atoms with Gasteiger partial charge in [0.05, 0.1) is 12.9 Å². The number of rotatable bonds is 10. The third kappa shape index (κ3) is 7.29. The van der Waals surface area contributed by atoms with Crippen LogP contribution >= 0.6 is 23.4 Å². The van der Waals surface area contributed by atoms with Gasteiger partial charge in [-0.1, -0.05) is 35.9 Å². The van der Waals surface area contributed by atoms with Gasteiger partial charge in [0.15, 0.2) is 0 Å². The summed E-state index contributed by atoms with van der Waals surface area (Å²) in [7, 11) is 1.60. The minimum absolute atomic E-state index is 0.0782. The molecule has 0 aliphatic rings. The van der Waals surface area contributed by atoms with Gasteiger partial charge < -0.3 is 15.0 Å². The average molecular weight is 435 g/mol. The number of carbonyl (C=O) groups excluding carboxylic acids is 2. The lowest BCUT2D eigenvalue weighted by Gasteiger charge is -2.28. The van der Waals surface area contributed by atoms with E-state index in [4.69, 9.17) is 16.3 Å². The van der Waals surface area contributed by atoms with E-state index in [0.29, 0.717) is 23.9 Å². The zero-order valence-electron chi connectivity index (χ0n) is 17.0. The molecule has 0 aliphatic carbocycles. The molecule has 0 bridgehead atoms. The zero-order chi connectivity index (χ0) is 21.2. The van der Waals surface area contributed by atoms with Gasteiger partial charge in [-0.05, 0) is 49.2 Å². The highest BCUT2D eigenvalue weighted by Crippen LogP contribution is 2.19. The van der Waals surface area contributed by atoms with Crippen LogP contribution in [-0.2, 0) is 21.9 Å². The first-order valence-electron chi connectivity index (χ1n) is 9.47. The van der Waals surface area contributed by atoms with Crippen molar-refractivity contribution in [3.63, 3.8) is 0 Å². The van der Waals surface area contributed by atoms with Crippen LogP contribution in [0.3, 0.4) is 0 Å². The van der Waals surface area contributed by atoms with Crippen LogP contribution in [0.5, 0.6) is 5.75 Å². The highest BCUT2D eigenvalue weighted by molar-refractivity contribution is 7.99. The van der Waals surface area contributed by atoms with Crippen molar-refractivity contribution in [1.29, 1.82) is 0 Å².